The molecule has 0 rings (SSSR count). The highest BCUT2D eigenvalue weighted by atomic mass is 27.1. The summed E-state index contributed by atoms with van der Waals surface area (Å²) in [5.41, 5.74) is 0. The summed E-state index contributed by atoms with van der Waals surface area (Å²) in [7, 11) is 0. The van der Waals surface area contributed by atoms with E-state index in [9.17, 15) is 0 Å². The van der Waals surface area contributed by atoms with Crippen molar-refractivity contribution >= 4 is 15.2 Å². The van der Waals surface area contributed by atoms with Gasteiger partial charge < -0.3 is 4.74 Å². The van der Waals surface area contributed by atoms with Gasteiger partial charge in [-0.1, -0.05) is 91.9 Å². The second-order valence-electron chi connectivity index (χ2n) is 7.28. The monoisotopic (exact) mass is 327 g/mol. The lowest BCUT2D eigenvalue weighted by atomic mass is 10.2. The van der Waals surface area contributed by atoms with E-state index >= 15 is 0 Å². The average Bonchev–Trinajstić information content (AvgIpc) is 2.45. The van der Waals surface area contributed by atoms with Gasteiger partial charge in [0.1, 0.15) is 0 Å². The Bertz CT molecular complexity index is 163. The molecule has 0 amide bonds. The Kier molecular flexibility index (Phi) is 24.2. The van der Waals surface area contributed by atoms with Crippen LogP contribution in [0.4, 0.5) is 0 Å². The van der Waals surface area contributed by atoms with Crippen molar-refractivity contribution < 1.29 is 4.74 Å². The van der Waals surface area contributed by atoms with Crippen LogP contribution in [0.5, 0.6) is 0 Å². The minimum absolute atomic E-state index is 0.755. The van der Waals surface area contributed by atoms with Gasteiger partial charge in [-0.3, -0.25) is 0 Å². The van der Waals surface area contributed by atoms with E-state index in [0.717, 1.165) is 40.3 Å². The number of ether oxygens (including phenoxy) is 1. The Morgan fingerprint density at radius 2 is 1.05 bits per heavy atom. The van der Waals surface area contributed by atoms with Gasteiger partial charge in [0.25, 0.3) is 0 Å². The van der Waals surface area contributed by atoms with E-state index in [1.165, 1.54) is 61.9 Å². The largest absolute Gasteiger partial charge is 0.381 e. The lowest BCUT2D eigenvalue weighted by molar-refractivity contribution is 0.126. The van der Waals surface area contributed by atoms with Gasteiger partial charge in [0.05, 0.1) is 0 Å². The van der Waals surface area contributed by atoms with Crippen LogP contribution in [0.1, 0.15) is 92.9 Å². The fraction of sp³-hybridized carbons (Fsp3) is 1.00. The van der Waals surface area contributed by atoms with Crippen LogP contribution in [0.15, 0.2) is 0 Å². The maximum atomic E-state index is 5.53. The van der Waals surface area contributed by atoms with Crippen LogP contribution in [-0.4, -0.2) is 28.4 Å². The summed E-state index contributed by atoms with van der Waals surface area (Å²) in [5.74, 6) is 1.86. The van der Waals surface area contributed by atoms with Crippen LogP contribution in [0.2, 0.25) is 10.6 Å². The lowest BCUT2D eigenvalue weighted by Crippen LogP contribution is -1.99. The summed E-state index contributed by atoms with van der Waals surface area (Å²) < 4.78 is 5.53. The molecule has 22 heavy (non-hydrogen) atoms. The average molecular weight is 328 g/mol. The second kappa shape index (κ2) is 21.5. The summed E-state index contributed by atoms with van der Waals surface area (Å²) >= 11 is 0.755. The standard InChI is InChI=1S/C12H26O.2C4H9.Al/c1-3-5-7-9-11-13-12-10-8-6-4-2;2*1-4(2)3;/h3-12H2,1-2H3;2*4H,1H2,2-3H3;. The Morgan fingerprint density at radius 1 is 0.636 bits per heavy atom. The Hall–Kier alpha value is 0.492. The Morgan fingerprint density at radius 3 is 1.36 bits per heavy atom. The highest BCUT2D eigenvalue weighted by Gasteiger charge is 1.98. The van der Waals surface area contributed by atoms with Gasteiger partial charge in [-0.2, -0.15) is 0 Å². The first-order chi connectivity index (χ1) is 10.5. The van der Waals surface area contributed by atoms with E-state index in [-0.39, 0.29) is 0 Å². The maximum absolute atomic E-state index is 5.53. The molecule has 133 valence electrons. The number of hydrogen-bond acceptors (Lipinski definition) is 1. The van der Waals surface area contributed by atoms with Gasteiger partial charge in [-0.25, -0.2) is 0 Å². The van der Waals surface area contributed by atoms with Crippen molar-refractivity contribution in [3.8, 4) is 0 Å². The van der Waals surface area contributed by atoms with Crippen molar-refractivity contribution in [2.24, 2.45) is 11.8 Å². The topological polar surface area (TPSA) is 9.23 Å². The van der Waals surface area contributed by atoms with Crippen LogP contribution in [0.25, 0.3) is 0 Å². The molecule has 0 bridgehead atoms. The third kappa shape index (κ3) is 28.6. The minimum Gasteiger partial charge on any atom is -0.381 e. The third-order valence-corrected chi connectivity index (χ3v) is 6.11. The molecule has 0 aliphatic rings. The van der Waals surface area contributed by atoms with E-state index < -0.39 is 0 Å². The smallest absolute Gasteiger partial charge is 0.200 e. The molecule has 0 spiro atoms. The molecular weight excluding hydrogens is 283 g/mol. The molecule has 1 radical (unpaired) electrons. The molecule has 0 aliphatic carbocycles. The predicted molar refractivity (Wildman–Crippen MR) is 104 cm³/mol. The Labute approximate surface area is 148 Å². The van der Waals surface area contributed by atoms with E-state index in [1.807, 2.05) is 0 Å². The summed E-state index contributed by atoms with van der Waals surface area (Å²) in [6.45, 7) is 15.7. The molecule has 0 aromatic carbocycles. The normalized spacial score (nSPS) is 10.7. The molecule has 2 heteroatoms. The van der Waals surface area contributed by atoms with Crippen molar-refractivity contribution in [1.29, 1.82) is 0 Å². The fourth-order valence-corrected chi connectivity index (χ4v) is 3.65. The summed E-state index contributed by atoms with van der Waals surface area (Å²) in [5, 5.41) is 2.97. The van der Waals surface area contributed by atoms with Crippen LogP contribution < -0.4 is 0 Å². The SMILES string of the molecule is CC(C)[CH2][Al][CH2]C(C)C.CCCCCCOCCCCCC. The maximum Gasteiger partial charge on any atom is 0.200 e. The minimum atomic E-state index is 0.755. The van der Waals surface area contributed by atoms with Crippen molar-refractivity contribution in [2.45, 2.75) is 103 Å². The van der Waals surface area contributed by atoms with Gasteiger partial charge in [0, 0.05) is 13.2 Å². The van der Waals surface area contributed by atoms with Gasteiger partial charge in [0.15, 0.2) is 0 Å². The highest BCUT2D eigenvalue weighted by molar-refractivity contribution is 6.35. The van der Waals surface area contributed by atoms with E-state index in [1.54, 1.807) is 0 Å². The summed E-state index contributed by atoms with van der Waals surface area (Å²) in [6, 6.07) is 0. The molecule has 0 saturated carbocycles. The zero-order valence-corrected chi connectivity index (χ0v) is 17.8. The molecule has 1 nitrogen and oxygen atoms in total. The second-order valence-corrected chi connectivity index (χ2v) is 8.80. The van der Waals surface area contributed by atoms with Gasteiger partial charge >= 0.3 is 0 Å². The number of unbranched alkanes of at least 4 members (excludes halogenated alkanes) is 6. The van der Waals surface area contributed by atoms with Crippen LogP contribution in [0, 0.1) is 11.8 Å². The first-order valence-corrected chi connectivity index (χ1v) is 11.6. The first kappa shape index (κ1) is 24.7. The van der Waals surface area contributed by atoms with Crippen molar-refractivity contribution in [1.82, 2.24) is 0 Å². The molecule has 0 N–H and O–H groups in total. The predicted octanol–water partition coefficient (Wildman–Crippen LogP) is 7.00. The van der Waals surface area contributed by atoms with Crippen LogP contribution >= 0.6 is 0 Å². The lowest BCUT2D eigenvalue weighted by Gasteiger charge is -2.03. The van der Waals surface area contributed by atoms with Gasteiger partial charge in [0.2, 0.25) is 15.2 Å². The molecule has 0 atom stereocenters. The van der Waals surface area contributed by atoms with Gasteiger partial charge in [-0.05, 0) is 12.8 Å². The van der Waals surface area contributed by atoms with E-state index in [4.69, 9.17) is 4.74 Å². The Balaban J connectivity index is 0. The van der Waals surface area contributed by atoms with Crippen molar-refractivity contribution in [2.75, 3.05) is 13.2 Å². The number of hydrogen-bond donors (Lipinski definition) is 0. The zero-order chi connectivity index (χ0) is 17.1. The molecule has 0 aromatic heterocycles. The fourth-order valence-electron chi connectivity index (χ4n) is 2.13. The van der Waals surface area contributed by atoms with Gasteiger partial charge in [-0.15, -0.1) is 10.6 Å². The molecule has 0 aromatic rings. The van der Waals surface area contributed by atoms with Crippen molar-refractivity contribution in [3.05, 3.63) is 0 Å². The molecule has 0 aliphatic heterocycles. The van der Waals surface area contributed by atoms with E-state index in [2.05, 4.69) is 41.5 Å². The molecular formula is C20H44AlO. The summed E-state index contributed by atoms with van der Waals surface area (Å²) in [6.07, 6.45) is 10.5. The first-order valence-electron chi connectivity index (χ1n) is 9.93. The highest BCUT2D eigenvalue weighted by Crippen LogP contribution is 2.05. The molecule has 0 fully saturated rings. The molecule has 0 unspecified atom stereocenters. The van der Waals surface area contributed by atoms with Crippen LogP contribution in [0.3, 0.4) is 0 Å². The van der Waals surface area contributed by atoms with Crippen molar-refractivity contribution in [3.63, 3.8) is 0 Å². The molecule has 0 saturated heterocycles. The summed E-state index contributed by atoms with van der Waals surface area (Å²) in [4.78, 5) is 0. The molecule has 0 heterocycles. The van der Waals surface area contributed by atoms with E-state index in [0.29, 0.717) is 0 Å². The van der Waals surface area contributed by atoms with Crippen LogP contribution in [-0.2, 0) is 4.74 Å². The zero-order valence-electron chi connectivity index (χ0n) is 16.6. The third-order valence-electron chi connectivity index (χ3n) is 3.56. The quantitative estimate of drug-likeness (QED) is 0.246. The number of rotatable bonds is 14.